The summed E-state index contributed by atoms with van der Waals surface area (Å²) in [6.07, 6.45) is 4.99. The van der Waals surface area contributed by atoms with Crippen molar-refractivity contribution >= 4 is 40.4 Å². The molecule has 3 nitrogen and oxygen atoms in total. The maximum absolute atomic E-state index is 12.9. The predicted molar refractivity (Wildman–Crippen MR) is 137 cm³/mol. The summed E-state index contributed by atoms with van der Waals surface area (Å²) in [5, 5.41) is 11.2. The summed E-state index contributed by atoms with van der Waals surface area (Å²) in [5.41, 5.74) is 5.55. The van der Waals surface area contributed by atoms with Gasteiger partial charge in [0.15, 0.2) is 5.78 Å². The van der Waals surface area contributed by atoms with Crippen LogP contribution in [0.1, 0.15) is 52.0 Å². The van der Waals surface area contributed by atoms with Crippen LogP contribution in [0.2, 0.25) is 5.02 Å². The molecule has 0 bridgehead atoms. The van der Waals surface area contributed by atoms with Crippen LogP contribution in [0, 0.1) is 0 Å². The van der Waals surface area contributed by atoms with Crippen LogP contribution in [0.15, 0.2) is 78.9 Å². The molecule has 1 heterocycles. The van der Waals surface area contributed by atoms with Crippen LogP contribution < -0.4 is 0 Å². The standard InChI is InChI=1S/C29H26ClNO2/c1-20(19-32)27-8-3-2-6-22(27)12-16-29(33)24-7-4-5-21(17-24)9-14-26-15-11-23-10-13-25(30)18-28(23)31-26/h2-11,13-15,17-18,20,32H,12,16,19H2,1H3. The fourth-order valence-corrected chi connectivity index (χ4v) is 4.10. The summed E-state index contributed by atoms with van der Waals surface area (Å²) in [5.74, 6) is 0.166. The van der Waals surface area contributed by atoms with E-state index in [-0.39, 0.29) is 18.3 Å². The molecule has 4 heteroatoms. The van der Waals surface area contributed by atoms with Crippen molar-refractivity contribution in [3.8, 4) is 0 Å². The summed E-state index contributed by atoms with van der Waals surface area (Å²) in [4.78, 5) is 17.5. The van der Waals surface area contributed by atoms with E-state index in [0.717, 1.165) is 33.3 Å². The van der Waals surface area contributed by atoms with Gasteiger partial charge in [-0.3, -0.25) is 4.79 Å². The zero-order valence-corrected chi connectivity index (χ0v) is 19.3. The quantitative estimate of drug-likeness (QED) is 0.292. The first kappa shape index (κ1) is 22.9. The Morgan fingerprint density at radius 1 is 1.00 bits per heavy atom. The maximum Gasteiger partial charge on any atom is 0.163 e. The number of rotatable bonds is 8. The van der Waals surface area contributed by atoms with Crippen LogP contribution in [0.3, 0.4) is 0 Å². The Hall–Kier alpha value is -3.27. The number of aliphatic hydroxyl groups is 1. The number of carbonyl (C=O) groups excluding carboxylic acids is 1. The average molecular weight is 456 g/mol. The van der Waals surface area contributed by atoms with E-state index >= 15 is 0 Å². The van der Waals surface area contributed by atoms with Crippen LogP contribution in [0.5, 0.6) is 0 Å². The van der Waals surface area contributed by atoms with Gasteiger partial charge < -0.3 is 5.11 Å². The Labute approximate surface area is 199 Å². The third-order valence-electron chi connectivity index (χ3n) is 5.81. The first-order valence-corrected chi connectivity index (χ1v) is 11.5. The van der Waals surface area contributed by atoms with Crippen molar-refractivity contribution in [2.75, 3.05) is 6.61 Å². The minimum absolute atomic E-state index is 0.0597. The molecule has 0 spiro atoms. The van der Waals surface area contributed by atoms with Crippen molar-refractivity contribution in [2.24, 2.45) is 0 Å². The normalized spacial score (nSPS) is 12.3. The molecule has 1 atom stereocenters. The third kappa shape index (κ3) is 5.75. The molecule has 1 unspecified atom stereocenters. The Morgan fingerprint density at radius 3 is 2.67 bits per heavy atom. The largest absolute Gasteiger partial charge is 0.396 e. The fraction of sp³-hybridized carbons (Fsp3) is 0.172. The molecule has 33 heavy (non-hydrogen) atoms. The van der Waals surface area contributed by atoms with Gasteiger partial charge in [0.1, 0.15) is 0 Å². The molecule has 0 saturated heterocycles. The van der Waals surface area contributed by atoms with Gasteiger partial charge in [0.25, 0.3) is 0 Å². The van der Waals surface area contributed by atoms with E-state index in [0.29, 0.717) is 23.4 Å². The van der Waals surface area contributed by atoms with Gasteiger partial charge in [-0.2, -0.15) is 0 Å². The molecule has 1 N–H and O–H groups in total. The number of pyridine rings is 1. The van der Waals surface area contributed by atoms with Gasteiger partial charge in [0, 0.05) is 34.9 Å². The number of aromatic nitrogens is 1. The van der Waals surface area contributed by atoms with E-state index in [9.17, 15) is 9.90 Å². The summed E-state index contributed by atoms with van der Waals surface area (Å²) >= 11 is 6.09. The van der Waals surface area contributed by atoms with E-state index in [1.807, 2.05) is 97.9 Å². The molecule has 4 rings (SSSR count). The lowest BCUT2D eigenvalue weighted by Gasteiger charge is -2.14. The second-order valence-electron chi connectivity index (χ2n) is 8.24. The van der Waals surface area contributed by atoms with Gasteiger partial charge in [-0.25, -0.2) is 4.98 Å². The molecule has 0 aliphatic heterocycles. The number of benzene rings is 3. The number of halogens is 1. The number of Topliss-reactive ketones (excluding diaryl/α,β-unsaturated/α-hetero) is 1. The van der Waals surface area contributed by atoms with Crippen molar-refractivity contribution in [3.63, 3.8) is 0 Å². The number of hydrogen-bond donors (Lipinski definition) is 1. The monoisotopic (exact) mass is 455 g/mol. The number of hydrogen-bond acceptors (Lipinski definition) is 3. The lowest BCUT2D eigenvalue weighted by atomic mass is 9.92. The highest BCUT2D eigenvalue weighted by atomic mass is 35.5. The number of ketones is 1. The van der Waals surface area contributed by atoms with Gasteiger partial charge in [-0.1, -0.05) is 79.2 Å². The zero-order valence-electron chi connectivity index (χ0n) is 18.5. The number of nitrogens with zero attached hydrogens (tertiary/aromatic N) is 1. The van der Waals surface area contributed by atoms with E-state index in [2.05, 4.69) is 4.98 Å². The Kier molecular flexibility index (Phi) is 7.33. The van der Waals surface area contributed by atoms with Crippen LogP contribution in [-0.2, 0) is 6.42 Å². The Morgan fingerprint density at radius 2 is 1.82 bits per heavy atom. The van der Waals surface area contributed by atoms with E-state index in [1.165, 1.54) is 0 Å². The number of aliphatic hydroxyl groups excluding tert-OH is 1. The molecular formula is C29H26ClNO2. The van der Waals surface area contributed by atoms with Gasteiger partial charge in [0.05, 0.1) is 11.2 Å². The Balaban J connectivity index is 1.46. The SMILES string of the molecule is CC(CO)c1ccccc1CCC(=O)c1cccc(C=Cc2ccc3ccc(Cl)cc3n2)c1. The topological polar surface area (TPSA) is 50.2 Å². The maximum atomic E-state index is 12.9. The molecule has 166 valence electrons. The summed E-state index contributed by atoms with van der Waals surface area (Å²) < 4.78 is 0. The molecule has 0 fully saturated rings. The van der Waals surface area contributed by atoms with Gasteiger partial charge in [0.2, 0.25) is 0 Å². The van der Waals surface area contributed by atoms with Crippen molar-refractivity contribution < 1.29 is 9.90 Å². The van der Waals surface area contributed by atoms with Gasteiger partial charge in [-0.15, -0.1) is 0 Å². The molecule has 3 aromatic carbocycles. The van der Waals surface area contributed by atoms with Crippen LogP contribution in [-0.4, -0.2) is 22.5 Å². The molecule has 0 saturated carbocycles. The highest BCUT2D eigenvalue weighted by Crippen LogP contribution is 2.22. The summed E-state index contributed by atoms with van der Waals surface area (Å²) in [7, 11) is 0. The highest BCUT2D eigenvalue weighted by Gasteiger charge is 2.12. The van der Waals surface area contributed by atoms with Crippen LogP contribution in [0.4, 0.5) is 0 Å². The summed E-state index contributed by atoms with van der Waals surface area (Å²) in [6.45, 7) is 2.09. The lowest BCUT2D eigenvalue weighted by Crippen LogP contribution is -2.06. The van der Waals surface area contributed by atoms with Crippen LogP contribution >= 0.6 is 11.6 Å². The third-order valence-corrected chi connectivity index (χ3v) is 6.05. The van der Waals surface area contributed by atoms with Crippen LogP contribution in [0.25, 0.3) is 23.1 Å². The van der Waals surface area contributed by atoms with E-state index in [1.54, 1.807) is 0 Å². The van der Waals surface area contributed by atoms with Crippen molar-refractivity contribution in [2.45, 2.75) is 25.7 Å². The zero-order chi connectivity index (χ0) is 23.2. The number of aryl methyl sites for hydroxylation is 1. The van der Waals surface area contributed by atoms with Crippen molar-refractivity contribution in [1.29, 1.82) is 0 Å². The smallest absolute Gasteiger partial charge is 0.163 e. The highest BCUT2D eigenvalue weighted by molar-refractivity contribution is 6.31. The average Bonchev–Trinajstić information content (AvgIpc) is 2.85. The fourth-order valence-electron chi connectivity index (χ4n) is 3.93. The van der Waals surface area contributed by atoms with E-state index < -0.39 is 0 Å². The van der Waals surface area contributed by atoms with E-state index in [4.69, 9.17) is 11.6 Å². The molecule has 4 aromatic rings. The van der Waals surface area contributed by atoms with Crippen molar-refractivity contribution in [3.05, 3.63) is 112 Å². The second kappa shape index (κ2) is 10.6. The predicted octanol–water partition coefficient (Wildman–Crippen LogP) is 6.97. The molecule has 0 aliphatic carbocycles. The minimum atomic E-state index is 0.0597. The number of carbonyl (C=O) groups is 1. The first-order chi connectivity index (χ1) is 16.0. The molecule has 0 radical (unpaired) electrons. The molecule has 1 aromatic heterocycles. The Bertz CT molecular complexity index is 1310. The molecule has 0 aliphatic rings. The first-order valence-electron chi connectivity index (χ1n) is 11.1. The van der Waals surface area contributed by atoms with Gasteiger partial charge >= 0.3 is 0 Å². The lowest BCUT2D eigenvalue weighted by molar-refractivity contribution is 0.0982. The minimum Gasteiger partial charge on any atom is -0.396 e. The van der Waals surface area contributed by atoms with Crippen molar-refractivity contribution in [1.82, 2.24) is 4.98 Å². The van der Waals surface area contributed by atoms with Gasteiger partial charge in [-0.05, 0) is 53.5 Å². The summed E-state index contributed by atoms with van der Waals surface area (Å²) in [6, 6.07) is 25.3. The molecular weight excluding hydrogens is 430 g/mol. The molecule has 0 amide bonds. The second-order valence-corrected chi connectivity index (χ2v) is 8.67. The number of fused-ring (bicyclic) bond motifs is 1.